The quantitative estimate of drug-likeness (QED) is 0.288. The third-order valence-electron chi connectivity index (χ3n) is 5.29. The maximum atomic E-state index is 13.6. The first-order chi connectivity index (χ1) is 16.5. The standard InChI is InChI=1S/C26H25ClN4O2S/c1-4-31-24(19-11-8-12-20(27)16-19)29-30-26(31)34-23(18-9-6-5-7-10-18)25(32)28-21-15-17(2)13-14-22(21)33-3/h5-16,23H,4H2,1-3H3,(H,28,32). The Morgan fingerprint density at radius 2 is 1.88 bits per heavy atom. The summed E-state index contributed by atoms with van der Waals surface area (Å²) in [5, 5.41) is 12.6. The van der Waals surface area contributed by atoms with Crippen LogP contribution in [0.5, 0.6) is 5.75 Å². The average molecular weight is 493 g/mol. The van der Waals surface area contributed by atoms with E-state index in [1.807, 2.05) is 91.2 Å². The van der Waals surface area contributed by atoms with E-state index < -0.39 is 5.25 Å². The van der Waals surface area contributed by atoms with Gasteiger partial charge in [-0.2, -0.15) is 0 Å². The van der Waals surface area contributed by atoms with Crippen LogP contribution >= 0.6 is 23.4 Å². The summed E-state index contributed by atoms with van der Waals surface area (Å²) in [5.41, 5.74) is 3.40. The lowest BCUT2D eigenvalue weighted by molar-refractivity contribution is -0.115. The fourth-order valence-corrected chi connectivity index (χ4v) is 4.92. The number of halogens is 1. The number of carbonyl (C=O) groups excluding carboxylic acids is 1. The third kappa shape index (κ3) is 5.26. The van der Waals surface area contributed by atoms with Crippen molar-refractivity contribution in [3.8, 4) is 17.1 Å². The molecule has 0 aliphatic heterocycles. The SMILES string of the molecule is CCn1c(SC(C(=O)Nc2cc(C)ccc2OC)c2ccccc2)nnc1-c1cccc(Cl)c1. The number of anilines is 1. The summed E-state index contributed by atoms with van der Waals surface area (Å²) < 4.78 is 7.44. The van der Waals surface area contributed by atoms with Crippen molar-refractivity contribution in [2.45, 2.75) is 30.8 Å². The molecule has 4 rings (SSSR count). The van der Waals surface area contributed by atoms with Crippen molar-refractivity contribution in [3.05, 3.63) is 88.9 Å². The number of nitrogens with zero attached hydrogens (tertiary/aromatic N) is 3. The molecule has 0 saturated heterocycles. The fraction of sp³-hybridized carbons (Fsp3) is 0.192. The number of thioether (sulfide) groups is 1. The second-order valence-electron chi connectivity index (χ2n) is 7.66. The number of benzene rings is 3. The molecular formula is C26H25ClN4O2S. The van der Waals surface area contributed by atoms with Crippen LogP contribution in [-0.2, 0) is 11.3 Å². The summed E-state index contributed by atoms with van der Waals surface area (Å²) >= 11 is 7.55. The molecule has 0 aliphatic rings. The molecule has 0 saturated carbocycles. The predicted molar refractivity (Wildman–Crippen MR) is 138 cm³/mol. The lowest BCUT2D eigenvalue weighted by atomic mass is 10.1. The molecule has 0 radical (unpaired) electrons. The van der Waals surface area contributed by atoms with Crippen molar-refractivity contribution < 1.29 is 9.53 Å². The third-order valence-corrected chi connectivity index (χ3v) is 6.76. The van der Waals surface area contributed by atoms with Crippen LogP contribution in [0.2, 0.25) is 5.02 Å². The van der Waals surface area contributed by atoms with Crippen LogP contribution in [0.1, 0.15) is 23.3 Å². The maximum Gasteiger partial charge on any atom is 0.242 e. The van der Waals surface area contributed by atoms with Crippen LogP contribution in [-0.4, -0.2) is 27.8 Å². The Balaban J connectivity index is 1.68. The molecule has 1 aromatic heterocycles. The second kappa shape index (κ2) is 10.8. The average Bonchev–Trinajstić information content (AvgIpc) is 3.26. The number of amides is 1. The zero-order valence-electron chi connectivity index (χ0n) is 19.2. The van der Waals surface area contributed by atoms with Crippen LogP contribution < -0.4 is 10.1 Å². The van der Waals surface area contributed by atoms with Gasteiger partial charge in [-0.05, 0) is 49.2 Å². The molecule has 6 nitrogen and oxygen atoms in total. The zero-order chi connectivity index (χ0) is 24.1. The first kappa shape index (κ1) is 23.9. The number of carbonyl (C=O) groups is 1. The molecule has 1 amide bonds. The van der Waals surface area contributed by atoms with Gasteiger partial charge in [0.1, 0.15) is 11.0 Å². The molecule has 34 heavy (non-hydrogen) atoms. The Hall–Kier alpha value is -3.29. The highest BCUT2D eigenvalue weighted by Gasteiger charge is 2.26. The van der Waals surface area contributed by atoms with Gasteiger partial charge in [0.05, 0.1) is 12.8 Å². The highest BCUT2D eigenvalue weighted by atomic mass is 35.5. The van der Waals surface area contributed by atoms with Gasteiger partial charge in [0, 0.05) is 17.1 Å². The number of hydrogen-bond donors (Lipinski definition) is 1. The Morgan fingerprint density at radius 3 is 2.59 bits per heavy atom. The van der Waals surface area contributed by atoms with Gasteiger partial charge in [-0.1, -0.05) is 71.9 Å². The topological polar surface area (TPSA) is 69.0 Å². The lowest BCUT2D eigenvalue weighted by Gasteiger charge is -2.18. The molecular weight excluding hydrogens is 468 g/mol. The number of hydrogen-bond acceptors (Lipinski definition) is 5. The summed E-state index contributed by atoms with van der Waals surface area (Å²) in [6.45, 7) is 4.64. The first-order valence-corrected chi connectivity index (χ1v) is 12.1. The van der Waals surface area contributed by atoms with E-state index in [0.717, 1.165) is 16.7 Å². The van der Waals surface area contributed by atoms with Gasteiger partial charge in [-0.25, -0.2) is 0 Å². The molecule has 1 heterocycles. The van der Waals surface area contributed by atoms with Gasteiger partial charge >= 0.3 is 0 Å². The Bertz CT molecular complexity index is 1290. The Morgan fingerprint density at radius 1 is 1.09 bits per heavy atom. The van der Waals surface area contributed by atoms with Crippen LogP contribution in [0.25, 0.3) is 11.4 Å². The number of aromatic nitrogens is 3. The van der Waals surface area contributed by atoms with E-state index in [1.54, 1.807) is 7.11 Å². The summed E-state index contributed by atoms with van der Waals surface area (Å²) in [7, 11) is 1.59. The number of methoxy groups -OCH3 is 1. The minimum absolute atomic E-state index is 0.171. The van der Waals surface area contributed by atoms with Crippen molar-refractivity contribution in [2.24, 2.45) is 0 Å². The molecule has 8 heteroatoms. The van der Waals surface area contributed by atoms with Gasteiger partial charge in [0.25, 0.3) is 0 Å². The zero-order valence-corrected chi connectivity index (χ0v) is 20.7. The lowest BCUT2D eigenvalue weighted by Crippen LogP contribution is -2.20. The molecule has 0 bridgehead atoms. The molecule has 174 valence electrons. The number of nitrogens with one attached hydrogen (secondary N) is 1. The predicted octanol–water partition coefficient (Wildman–Crippen LogP) is 6.41. The van der Waals surface area contributed by atoms with Gasteiger partial charge in [0.15, 0.2) is 11.0 Å². The molecule has 0 aliphatic carbocycles. The van der Waals surface area contributed by atoms with Gasteiger partial charge in [0.2, 0.25) is 5.91 Å². The minimum atomic E-state index is -0.548. The maximum absolute atomic E-state index is 13.6. The van der Waals surface area contributed by atoms with E-state index >= 15 is 0 Å². The van der Waals surface area contributed by atoms with E-state index in [4.69, 9.17) is 16.3 Å². The van der Waals surface area contributed by atoms with E-state index in [-0.39, 0.29) is 5.91 Å². The normalized spacial score (nSPS) is 11.8. The number of rotatable bonds is 8. The van der Waals surface area contributed by atoms with E-state index in [2.05, 4.69) is 15.5 Å². The number of aryl methyl sites for hydroxylation is 1. The van der Waals surface area contributed by atoms with E-state index in [9.17, 15) is 4.79 Å². The van der Waals surface area contributed by atoms with Gasteiger partial charge in [-0.15, -0.1) is 10.2 Å². The van der Waals surface area contributed by atoms with Crippen LogP contribution in [0.15, 0.2) is 78.0 Å². The largest absolute Gasteiger partial charge is 0.495 e. The van der Waals surface area contributed by atoms with Crippen molar-refractivity contribution in [1.82, 2.24) is 14.8 Å². The molecule has 1 atom stereocenters. The van der Waals surface area contributed by atoms with Crippen molar-refractivity contribution in [1.29, 1.82) is 0 Å². The van der Waals surface area contributed by atoms with Crippen molar-refractivity contribution in [3.63, 3.8) is 0 Å². The summed E-state index contributed by atoms with van der Waals surface area (Å²) in [6.07, 6.45) is 0. The van der Waals surface area contributed by atoms with E-state index in [0.29, 0.717) is 34.0 Å². The summed E-state index contributed by atoms with van der Waals surface area (Å²) in [4.78, 5) is 13.6. The van der Waals surface area contributed by atoms with Crippen LogP contribution in [0.3, 0.4) is 0 Å². The monoisotopic (exact) mass is 492 g/mol. The van der Waals surface area contributed by atoms with Crippen LogP contribution in [0.4, 0.5) is 5.69 Å². The molecule has 1 N–H and O–H groups in total. The molecule has 0 spiro atoms. The molecule has 1 unspecified atom stereocenters. The second-order valence-corrected chi connectivity index (χ2v) is 9.17. The Kier molecular flexibility index (Phi) is 7.55. The number of ether oxygens (including phenoxy) is 1. The van der Waals surface area contributed by atoms with E-state index in [1.165, 1.54) is 11.8 Å². The molecule has 3 aromatic carbocycles. The van der Waals surface area contributed by atoms with Crippen LogP contribution in [0, 0.1) is 6.92 Å². The summed E-state index contributed by atoms with van der Waals surface area (Å²) in [5.74, 6) is 1.14. The van der Waals surface area contributed by atoms with Crippen molar-refractivity contribution in [2.75, 3.05) is 12.4 Å². The van der Waals surface area contributed by atoms with Crippen molar-refractivity contribution >= 4 is 35.0 Å². The Labute approximate surface area is 208 Å². The first-order valence-electron chi connectivity index (χ1n) is 10.9. The smallest absolute Gasteiger partial charge is 0.242 e. The molecule has 0 fully saturated rings. The summed E-state index contributed by atoms with van der Waals surface area (Å²) in [6, 6.07) is 22.9. The fourth-order valence-electron chi connectivity index (χ4n) is 3.63. The minimum Gasteiger partial charge on any atom is -0.495 e. The van der Waals surface area contributed by atoms with Gasteiger partial charge < -0.3 is 14.6 Å². The highest BCUT2D eigenvalue weighted by molar-refractivity contribution is 8.00. The highest BCUT2D eigenvalue weighted by Crippen LogP contribution is 2.38. The van der Waals surface area contributed by atoms with Gasteiger partial charge in [-0.3, -0.25) is 4.79 Å². The molecule has 4 aromatic rings.